The van der Waals surface area contributed by atoms with Crippen molar-refractivity contribution in [3.8, 4) is 11.8 Å². The molecule has 118 valence electrons. The van der Waals surface area contributed by atoms with Gasteiger partial charge in [-0.15, -0.1) is 11.3 Å². The van der Waals surface area contributed by atoms with Crippen LogP contribution < -0.4 is 9.47 Å². The fourth-order valence-electron chi connectivity index (χ4n) is 2.21. The van der Waals surface area contributed by atoms with Gasteiger partial charge in [-0.2, -0.15) is 9.29 Å². The maximum atomic E-state index is 12.4. The number of sulfonamides is 1. The fraction of sp³-hybridized carbons (Fsp3) is 0.385. The van der Waals surface area contributed by atoms with Crippen molar-refractivity contribution in [3.05, 3.63) is 29.9 Å². The van der Waals surface area contributed by atoms with Crippen LogP contribution in [0, 0.1) is 0 Å². The Hall–Kier alpha value is -1.71. The molecule has 3 rings (SSSR count). The van der Waals surface area contributed by atoms with Crippen molar-refractivity contribution in [2.75, 3.05) is 20.2 Å². The molecular weight excluding hydrogens is 326 g/mol. The van der Waals surface area contributed by atoms with Gasteiger partial charge in [0.25, 0.3) is 10.0 Å². The second-order valence-corrected chi connectivity index (χ2v) is 7.84. The second-order valence-electron chi connectivity index (χ2n) is 4.72. The molecule has 1 aliphatic rings. The lowest BCUT2D eigenvalue weighted by Gasteiger charge is -2.16. The molecule has 0 saturated carbocycles. The summed E-state index contributed by atoms with van der Waals surface area (Å²) in [5, 5.41) is 1.75. The smallest absolute Gasteiger partial charge is 0.252 e. The standard InChI is InChI=1S/C13H15N3O4S2/c1-19-11-7-14-8-12(15-11)20-10-4-5-16(9-10)22(17,18)13-3-2-6-21-13/h2-3,6-8,10H,4-5,9H2,1H3. The number of aromatic nitrogens is 2. The maximum Gasteiger partial charge on any atom is 0.252 e. The van der Waals surface area contributed by atoms with E-state index in [0.717, 1.165) is 0 Å². The van der Waals surface area contributed by atoms with Crippen molar-refractivity contribution < 1.29 is 17.9 Å². The first-order valence-electron chi connectivity index (χ1n) is 6.66. The molecule has 2 aromatic rings. The Morgan fingerprint density at radius 3 is 2.91 bits per heavy atom. The van der Waals surface area contributed by atoms with Gasteiger partial charge in [-0.25, -0.2) is 8.42 Å². The summed E-state index contributed by atoms with van der Waals surface area (Å²) in [5.74, 6) is 0.693. The Bertz CT molecular complexity index is 734. The summed E-state index contributed by atoms with van der Waals surface area (Å²) < 4.78 is 37.3. The molecule has 0 spiro atoms. The van der Waals surface area contributed by atoms with Gasteiger partial charge in [0.15, 0.2) is 0 Å². The molecule has 1 atom stereocenters. The van der Waals surface area contributed by atoms with E-state index >= 15 is 0 Å². The van der Waals surface area contributed by atoms with Gasteiger partial charge in [0, 0.05) is 6.54 Å². The van der Waals surface area contributed by atoms with E-state index in [4.69, 9.17) is 9.47 Å². The minimum atomic E-state index is -3.42. The first-order valence-corrected chi connectivity index (χ1v) is 8.98. The van der Waals surface area contributed by atoms with Crippen molar-refractivity contribution >= 4 is 21.4 Å². The predicted octanol–water partition coefficient (Wildman–Crippen LogP) is 1.39. The highest BCUT2D eigenvalue weighted by molar-refractivity contribution is 7.91. The largest absolute Gasteiger partial charge is 0.480 e. The second kappa shape index (κ2) is 6.19. The quantitative estimate of drug-likeness (QED) is 0.817. The highest BCUT2D eigenvalue weighted by Gasteiger charge is 2.34. The Morgan fingerprint density at radius 2 is 2.18 bits per heavy atom. The third-order valence-corrected chi connectivity index (χ3v) is 6.52. The number of rotatable bonds is 5. The molecule has 0 aromatic carbocycles. The molecule has 3 heterocycles. The molecule has 22 heavy (non-hydrogen) atoms. The van der Waals surface area contributed by atoms with Crippen LogP contribution in [0.3, 0.4) is 0 Å². The average molecular weight is 341 g/mol. The SMILES string of the molecule is COc1cncc(OC2CCN(S(=O)(=O)c3cccs3)C2)n1. The molecule has 0 amide bonds. The Labute approximate surface area is 132 Å². The van der Waals surface area contributed by atoms with Crippen molar-refractivity contribution in [2.45, 2.75) is 16.7 Å². The lowest BCUT2D eigenvalue weighted by Crippen LogP contribution is -2.30. The van der Waals surface area contributed by atoms with Crippen LogP contribution in [0.1, 0.15) is 6.42 Å². The van der Waals surface area contributed by atoms with Gasteiger partial charge in [0.1, 0.15) is 10.3 Å². The summed E-state index contributed by atoms with van der Waals surface area (Å²) in [5.41, 5.74) is 0. The van der Waals surface area contributed by atoms with Gasteiger partial charge in [0.2, 0.25) is 11.8 Å². The van der Waals surface area contributed by atoms with E-state index in [9.17, 15) is 8.42 Å². The van der Waals surface area contributed by atoms with Crippen LogP contribution in [-0.4, -0.2) is 49.0 Å². The Morgan fingerprint density at radius 1 is 1.36 bits per heavy atom. The van der Waals surface area contributed by atoms with Gasteiger partial charge < -0.3 is 9.47 Å². The molecule has 1 saturated heterocycles. The molecule has 1 unspecified atom stereocenters. The topological polar surface area (TPSA) is 81.6 Å². The summed E-state index contributed by atoms with van der Waals surface area (Å²) >= 11 is 1.22. The average Bonchev–Trinajstić information content (AvgIpc) is 3.19. The molecule has 0 N–H and O–H groups in total. The van der Waals surface area contributed by atoms with Crippen molar-refractivity contribution in [1.82, 2.24) is 14.3 Å². The van der Waals surface area contributed by atoms with Crippen molar-refractivity contribution in [1.29, 1.82) is 0 Å². The molecule has 9 heteroatoms. The van der Waals surface area contributed by atoms with E-state index in [1.807, 2.05) is 0 Å². The normalized spacial score (nSPS) is 19.2. The van der Waals surface area contributed by atoms with Gasteiger partial charge in [-0.1, -0.05) is 6.07 Å². The van der Waals surface area contributed by atoms with Gasteiger partial charge in [0.05, 0.1) is 26.0 Å². The highest BCUT2D eigenvalue weighted by atomic mass is 32.2. The van der Waals surface area contributed by atoms with Crippen LogP contribution in [0.5, 0.6) is 11.8 Å². The van der Waals surface area contributed by atoms with Crippen LogP contribution in [0.25, 0.3) is 0 Å². The van der Waals surface area contributed by atoms with E-state index in [0.29, 0.717) is 35.5 Å². The van der Waals surface area contributed by atoms with E-state index in [1.165, 1.54) is 35.1 Å². The fourth-order valence-corrected chi connectivity index (χ4v) is 4.84. The summed E-state index contributed by atoms with van der Waals surface area (Å²) in [6.45, 7) is 0.738. The minimum absolute atomic E-state index is 0.240. The van der Waals surface area contributed by atoms with Gasteiger partial charge in [-0.05, 0) is 17.9 Å². The number of ether oxygens (including phenoxy) is 2. The molecular formula is C13H15N3O4S2. The lowest BCUT2D eigenvalue weighted by molar-refractivity contribution is 0.203. The summed E-state index contributed by atoms with van der Waals surface area (Å²) in [6.07, 6.45) is 3.34. The number of hydrogen-bond acceptors (Lipinski definition) is 7. The minimum Gasteiger partial charge on any atom is -0.480 e. The molecule has 1 aliphatic heterocycles. The molecule has 0 radical (unpaired) electrons. The maximum absolute atomic E-state index is 12.4. The van der Waals surface area contributed by atoms with E-state index in [1.54, 1.807) is 17.5 Å². The lowest BCUT2D eigenvalue weighted by atomic mass is 10.3. The molecule has 0 aliphatic carbocycles. The van der Waals surface area contributed by atoms with Crippen LogP contribution in [0.4, 0.5) is 0 Å². The van der Waals surface area contributed by atoms with E-state index in [-0.39, 0.29) is 6.10 Å². The molecule has 1 fully saturated rings. The zero-order chi connectivity index (χ0) is 15.6. The van der Waals surface area contributed by atoms with Crippen molar-refractivity contribution in [3.63, 3.8) is 0 Å². The van der Waals surface area contributed by atoms with Crippen LogP contribution in [-0.2, 0) is 10.0 Å². The van der Waals surface area contributed by atoms with Crippen LogP contribution in [0.15, 0.2) is 34.1 Å². The van der Waals surface area contributed by atoms with Crippen LogP contribution in [0.2, 0.25) is 0 Å². The Balaban J connectivity index is 1.67. The molecule has 0 bridgehead atoms. The highest BCUT2D eigenvalue weighted by Crippen LogP contribution is 2.26. The van der Waals surface area contributed by atoms with Crippen LogP contribution >= 0.6 is 11.3 Å². The van der Waals surface area contributed by atoms with Gasteiger partial charge >= 0.3 is 0 Å². The van der Waals surface area contributed by atoms with Crippen molar-refractivity contribution in [2.24, 2.45) is 0 Å². The zero-order valence-electron chi connectivity index (χ0n) is 11.9. The summed E-state index contributed by atoms with van der Waals surface area (Å²) in [4.78, 5) is 8.08. The predicted molar refractivity (Wildman–Crippen MR) is 80.7 cm³/mol. The molecule has 2 aromatic heterocycles. The number of methoxy groups -OCH3 is 1. The van der Waals surface area contributed by atoms with E-state index < -0.39 is 10.0 Å². The monoisotopic (exact) mass is 341 g/mol. The first kappa shape index (κ1) is 15.2. The zero-order valence-corrected chi connectivity index (χ0v) is 13.5. The third-order valence-electron chi connectivity index (χ3n) is 3.28. The summed E-state index contributed by atoms with van der Waals surface area (Å²) in [7, 11) is -1.92. The third kappa shape index (κ3) is 3.06. The molecule has 7 nitrogen and oxygen atoms in total. The number of thiophene rings is 1. The summed E-state index contributed by atoms with van der Waals surface area (Å²) in [6, 6.07) is 3.34. The Kier molecular flexibility index (Phi) is 4.27. The number of nitrogens with zero attached hydrogens (tertiary/aromatic N) is 3. The van der Waals surface area contributed by atoms with E-state index in [2.05, 4.69) is 9.97 Å². The number of hydrogen-bond donors (Lipinski definition) is 0. The van der Waals surface area contributed by atoms with Gasteiger partial charge in [-0.3, -0.25) is 4.98 Å². The first-order chi connectivity index (χ1) is 10.6.